The average Bonchev–Trinajstić information content (AvgIpc) is 3.09. The summed E-state index contributed by atoms with van der Waals surface area (Å²) in [5.74, 6) is -0.182. The molecule has 1 aromatic heterocycles. The number of ether oxygens (including phenoxy) is 2. The van der Waals surface area contributed by atoms with Crippen LogP contribution in [0.4, 0.5) is 0 Å². The molecule has 5 nitrogen and oxygen atoms in total. The van der Waals surface area contributed by atoms with Crippen molar-refractivity contribution >= 4 is 5.97 Å². The van der Waals surface area contributed by atoms with Crippen LogP contribution in [0.3, 0.4) is 0 Å². The quantitative estimate of drug-likeness (QED) is 0.604. The van der Waals surface area contributed by atoms with Gasteiger partial charge in [0.05, 0.1) is 6.61 Å². The summed E-state index contributed by atoms with van der Waals surface area (Å²) >= 11 is 0. The Morgan fingerprint density at radius 1 is 1.53 bits per heavy atom. The number of carboxylic acid groups (broad SMARTS) is 1. The molecule has 92 valence electrons. The molecule has 2 rings (SSSR count). The van der Waals surface area contributed by atoms with E-state index in [0.717, 1.165) is 0 Å². The number of nitrogens with zero attached hydrogens (tertiary/aromatic N) is 1. The molecular weight excluding hydrogens is 222 g/mol. The molecule has 0 aromatic carbocycles. The number of hydrogen-bond donors (Lipinski definition) is 1. The number of aromatic carboxylic acids is 1. The number of carbonyl (C=O) groups is 1. The van der Waals surface area contributed by atoms with Crippen LogP contribution in [0.15, 0.2) is 12.1 Å². The smallest absolute Gasteiger partial charge is 0.358 e. The molecule has 0 spiro atoms. The van der Waals surface area contributed by atoms with Crippen LogP contribution in [0.25, 0.3) is 0 Å². The molecule has 1 aliphatic rings. The highest BCUT2D eigenvalue weighted by molar-refractivity contribution is 5.88. The Bertz CT molecular complexity index is 415. The van der Waals surface area contributed by atoms with Gasteiger partial charge in [-0.2, -0.15) is 0 Å². The van der Waals surface area contributed by atoms with E-state index < -0.39 is 5.97 Å². The van der Waals surface area contributed by atoms with Gasteiger partial charge in [0.25, 0.3) is 0 Å². The molecule has 0 bridgehead atoms. The molecule has 0 amide bonds. The third-order valence-corrected chi connectivity index (χ3v) is 2.55. The average molecular weight is 237 g/mol. The van der Waals surface area contributed by atoms with E-state index in [4.69, 9.17) is 14.6 Å². The van der Waals surface area contributed by atoms with E-state index in [1.165, 1.54) is 12.8 Å². The van der Waals surface area contributed by atoms with Crippen molar-refractivity contribution in [3.63, 3.8) is 0 Å². The Balaban J connectivity index is 1.91. The van der Waals surface area contributed by atoms with Crippen LogP contribution in [0, 0.1) is 12.8 Å². The Labute approximate surface area is 99.4 Å². The minimum absolute atomic E-state index is 0.0694. The normalized spacial score (nSPS) is 14.6. The van der Waals surface area contributed by atoms with Gasteiger partial charge in [0.15, 0.2) is 18.2 Å². The highest BCUT2D eigenvalue weighted by Crippen LogP contribution is 2.28. The Hall–Kier alpha value is -1.62. The highest BCUT2D eigenvalue weighted by Gasteiger charge is 2.21. The zero-order valence-electron chi connectivity index (χ0n) is 9.68. The number of pyridine rings is 1. The molecule has 0 unspecified atom stereocenters. The van der Waals surface area contributed by atoms with E-state index in [9.17, 15) is 4.79 Å². The molecule has 1 aliphatic carbocycles. The zero-order chi connectivity index (χ0) is 12.3. The van der Waals surface area contributed by atoms with E-state index in [1.807, 2.05) is 0 Å². The third-order valence-electron chi connectivity index (χ3n) is 2.55. The van der Waals surface area contributed by atoms with Crippen molar-refractivity contribution in [2.24, 2.45) is 5.92 Å². The fourth-order valence-corrected chi connectivity index (χ4v) is 1.42. The van der Waals surface area contributed by atoms with Crippen molar-refractivity contribution in [2.45, 2.75) is 19.8 Å². The van der Waals surface area contributed by atoms with Crippen LogP contribution in [-0.4, -0.2) is 29.5 Å². The van der Waals surface area contributed by atoms with E-state index in [2.05, 4.69) is 4.98 Å². The fraction of sp³-hybridized carbons (Fsp3) is 0.500. The Morgan fingerprint density at radius 3 is 2.94 bits per heavy atom. The van der Waals surface area contributed by atoms with Gasteiger partial charge in [0, 0.05) is 5.69 Å². The molecule has 0 aliphatic heterocycles. The Morgan fingerprint density at radius 2 is 2.29 bits per heavy atom. The van der Waals surface area contributed by atoms with Crippen LogP contribution >= 0.6 is 0 Å². The topological polar surface area (TPSA) is 68.7 Å². The van der Waals surface area contributed by atoms with Gasteiger partial charge in [-0.15, -0.1) is 0 Å². The first-order valence-corrected chi connectivity index (χ1v) is 5.58. The zero-order valence-corrected chi connectivity index (χ0v) is 9.68. The molecule has 1 fully saturated rings. The second-order valence-electron chi connectivity index (χ2n) is 4.18. The van der Waals surface area contributed by atoms with E-state index in [-0.39, 0.29) is 18.2 Å². The minimum Gasteiger partial charge on any atom is -0.476 e. The molecule has 1 aromatic rings. The van der Waals surface area contributed by atoms with Crippen molar-refractivity contribution < 1.29 is 19.4 Å². The van der Waals surface area contributed by atoms with Gasteiger partial charge in [-0.05, 0) is 37.8 Å². The van der Waals surface area contributed by atoms with Crippen molar-refractivity contribution in [2.75, 3.05) is 13.4 Å². The summed E-state index contributed by atoms with van der Waals surface area (Å²) in [5, 5.41) is 8.96. The van der Waals surface area contributed by atoms with Crippen LogP contribution < -0.4 is 4.74 Å². The number of carboxylic acids is 1. The summed E-state index contributed by atoms with van der Waals surface area (Å²) in [4.78, 5) is 14.9. The monoisotopic (exact) mass is 237 g/mol. The number of hydrogen-bond acceptors (Lipinski definition) is 4. The fourth-order valence-electron chi connectivity index (χ4n) is 1.42. The van der Waals surface area contributed by atoms with Gasteiger partial charge < -0.3 is 14.6 Å². The summed E-state index contributed by atoms with van der Waals surface area (Å²) in [7, 11) is 0. The maximum absolute atomic E-state index is 10.9. The number of aryl methyl sites for hydroxylation is 1. The second kappa shape index (κ2) is 5.14. The lowest BCUT2D eigenvalue weighted by atomic mass is 10.3. The first-order chi connectivity index (χ1) is 8.16. The van der Waals surface area contributed by atoms with Gasteiger partial charge in [-0.3, -0.25) is 0 Å². The van der Waals surface area contributed by atoms with Crippen LogP contribution in [-0.2, 0) is 4.74 Å². The van der Waals surface area contributed by atoms with Crippen molar-refractivity contribution in [3.8, 4) is 5.75 Å². The maximum Gasteiger partial charge on any atom is 0.358 e. The standard InChI is InChI=1S/C12H15NO4/c1-8-2-5-10(11(13-8)12(14)15)17-7-16-6-9-3-4-9/h2,5,9H,3-4,6-7H2,1H3,(H,14,15). The Kier molecular flexibility index (Phi) is 3.58. The summed E-state index contributed by atoms with van der Waals surface area (Å²) in [6.07, 6.45) is 2.43. The largest absolute Gasteiger partial charge is 0.476 e. The molecule has 0 saturated heterocycles. The third kappa shape index (κ3) is 3.42. The maximum atomic E-state index is 10.9. The summed E-state index contributed by atoms with van der Waals surface area (Å²) < 4.78 is 10.5. The minimum atomic E-state index is -1.09. The van der Waals surface area contributed by atoms with Crippen LogP contribution in [0.5, 0.6) is 5.75 Å². The van der Waals surface area contributed by atoms with E-state index in [1.54, 1.807) is 19.1 Å². The number of aromatic nitrogens is 1. The highest BCUT2D eigenvalue weighted by atomic mass is 16.7. The van der Waals surface area contributed by atoms with Crippen LogP contribution in [0.2, 0.25) is 0 Å². The first kappa shape index (κ1) is 11.9. The lowest BCUT2D eigenvalue weighted by Gasteiger charge is -2.09. The molecule has 0 radical (unpaired) electrons. The van der Waals surface area contributed by atoms with Crippen molar-refractivity contribution in [1.29, 1.82) is 0 Å². The van der Waals surface area contributed by atoms with Crippen LogP contribution in [0.1, 0.15) is 29.0 Å². The van der Waals surface area contributed by atoms with Gasteiger partial charge in [0.2, 0.25) is 0 Å². The lowest BCUT2D eigenvalue weighted by Crippen LogP contribution is -2.10. The van der Waals surface area contributed by atoms with Gasteiger partial charge in [0.1, 0.15) is 0 Å². The molecule has 1 N–H and O–H groups in total. The van der Waals surface area contributed by atoms with Gasteiger partial charge >= 0.3 is 5.97 Å². The summed E-state index contributed by atoms with van der Waals surface area (Å²) in [5.41, 5.74) is 0.577. The first-order valence-electron chi connectivity index (χ1n) is 5.58. The number of rotatable bonds is 6. The van der Waals surface area contributed by atoms with E-state index in [0.29, 0.717) is 18.2 Å². The van der Waals surface area contributed by atoms with Crippen molar-refractivity contribution in [3.05, 3.63) is 23.5 Å². The summed E-state index contributed by atoms with van der Waals surface area (Å²) in [6.45, 7) is 2.49. The molecule has 1 heterocycles. The second-order valence-corrected chi connectivity index (χ2v) is 4.18. The SMILES string of the molecule is Cc1ccc(OCOCC2CC2)c(C(=O)O)n1. The molecular formula is C12H15NO4. The predicted molar refractivity (Wildman–Crippen MR) is 60.1 cm³/mol. The van der Waals surface area contributed by atoms with E-state index >= 15 is 0 Å². The lowest BCUT2D eigenvalue weighted by molar-refractivity contribution is 0.00889. The molecule has 5 heteroatoms. The van der Waals surface area contributed by atoms with Gasteiger partial charge in [-0.1, -0.05) is 0 Å². The predicted octanol–water partition coefficient (Wildman–Crippen LogP) is 1.85. The molecule has 0 atom stereocenters. The van der Waals surface area contributed by atoms with Gasteiger partial charge in [-0.25, -0.2) is 9.78 Å². The molecule has 1 saturated carbocycles. The molecule has 17 heavy (non-hydrogen) atoms. The summed E-state index contributed by atoms with van der Waals surface area (Å²) in [6, 6.07) is 3.31. The van der Waals surface area contributed by atoms with Crippen molar-refractivity contribution in [1.82, 2.24) is 4.98 Å².